The summed E-state index contributed by atoms with van der Waals surface area (Å²) in [5.74, 6) is 0.451. The molecule has 1 aliphatic heterocycles. The summed E-state index contributed by atoms with van der Waals surface area (Å²) in [5, 5.41) is 0. The summed E-state index contributed by atoms with van der Waals surface area (Å²) >= 11 is 0. The van der Waals surface area contributed by atoms with Gasteiger partial charge in [-0.1, -0.05) is 12.1 Å². The van der Waals surface area contributed by atoms with Crippen LogP contribution in [0, 0.1) is 0 Å². The first kappa shape index (κ1) is 17.5. The second kappa shape index (κ2) is 7.03. The maximum atomic E-state index is 12.7. The lowest BCUT2D eigenvalue weighted by atomic mass is 10.1. The fraction of sp³-hybridized carbons (Fsp3) is 0.263. The zero-order valence-electron chi connectivity index (χ0n) is 14.3. The first-order chi connectivity index (χ1) is 13.0. The van der Waals surface area contributed by atoms with E-state index in [1.807, 2.05) is 0 Å². The van der Waals surface area contributed by atoms with Crippen molar-refractivity contribution in [3.63, 3.8) is 0 Å². The van der Waals surface area contributed by atoms with Crippen molar-refractivity contribution in [1.29, 1.82) is 0 Å². The predicted octanol–water partition coefficient (Wildman–Crippen LogP) is 3.51. The lowest BCUT2D eigenvalue weighted by Gasteiger charge is -2.27. The van der Waals surface area contributed by atoms with Crippen molar-refractivity contribution in [3.8, 4) is 11.4 Å². The third kappa shape index (κ3) is 3.95. The first-order valence-electron chi connectivity index (χ1n) is 8.48. The van der Waals surface area contributed by atoms with Crippen LogP contribution in [0.1, 0.15) is 22.4 Å². The molecule has 3 aromatic rings. The molecule has 27 heavy (non-hydrogen) atoms. The molecule has 1 aliphatic rings. The molecule has 0 saturated carbocycles. The SMILES string of the molecule is FC(F)(F)c1ccc(-c2ncc3c(n2)CCN(Cc2cncnc2)C3)cc1. The minimum Gasteiger partial charge on any atom is -0.294 e. The molecular weight excluding hydrogens is 355 g/mol. The summed E-state index contributed by atoms with van der Waals surface area (Å²) in [6.45, 7) is 2.31. The van der Waals surface area contributed by atoms with E-state index in [2.05, 4.69) is 24.8 Å². The molecule has 8 heteroatoms. The molecule has 2 aromatic heterocycles. The van der Waals surface area contributed by atoms with Crippen LogP contribution in [0.25, 0.3) is 11.4 Å². The van der Waals surface area contributed by atoms with E-state index in [1.165, 1.54) is 18.5 Å². The summed E-state index contributed by atoms with van der Waals surface area (Å²) in [6.07, 6.45) is 3.29. The molecule has 3 heterocycles. The molecular formula is C19H16F3N5. The second-order valence-corrected chi connectivity index (χ2v) is 6.45. The van der Waals surface area contributed by atoms with E-state index in [0.717, 1.165) is 55.0 Å². The fourth-order valence-corrected chi connectivity index (χ4v) is 3.13. The standard InChI is InChI=1S/C19H16F3N5/c20-19(21,22)16-3-1-14(2-4-16)18-25-9-15-11-27(6-5-17(15)26-18)10-13-7-23-12-24-8-13/h1-4,7-9,12H,5-6,10-11H2. The average Bonchev–Trinajstić information content (AvgIpc) is 2.68. The van der Waals surface area contributed by atoms with Gasteiger partial charge in [-0.15, -0.1) is 0 Å². The molecule has 0 atom stereocenters. The van der Waals surface area contributed by atoms with Crippen LogP contribution in [0.15, 0.2) is 49.2 Å². The maximum Gasteiger partial charge on any atom is 0.416 e. The van der Waals surface area contributed by atoms with Gasteiger partial charge in [-0.05, 0) is 12.1 Å². The largest absolute Gasteiger partial charge is 0.416 e. The van der Waals surface area contributed by atoms with Crippen molar-refractivity contribution >= 4 is 0 Å². The number of hydrogen-bond acceptors (Lipinski definition) is 5. The summed E-state index contributed by atoms with van der Waals surface area (Å²) in [5.41, 5.74) is 2.93. The molecule has 5 nitrogen and oxygen atoms in total. The molecule has 0 fully saturated rings. The van der Waals surface area contributed by atoms with Crippen molar-refractivity contribution in [3.05, 3.63) is 71.6 Å². The number of alkyl halides is 3. The monoisotopic (exact) mass is 371 g/mol. The minimum atomic E-state index is -4.34. The Labute approximate surface area is 153 Å². The van der Waals surface area contributed by atoms with E-state index < -0.39 is 11.7 Å². The molecule has 4 rings (SSSR count). The van der Waals surface area contributed by atoms with Crippen LogP contribution in [0.5, 0.6) is 0 Å². The molecule has 138 valence electrons. The van der Waals surface area contributed by atoms with Crippen LogP contribution in [0.4, 0.5) is 13.2 Å². The van der Waals surface area contributed by atoms with Gasteiger partial charge in [0.05, 0.1) is 11.3 Å². The number of fused-ring (bicyclic) bond motifs is 1. The van der Waals surface area contributed by atoms with Crippen molar-refractivity contribution in [1.82, 2.24) is 24.8 Å². The maximum absolute atomic E-state index is 12.7. The van der Waals surface area contributed by atoms with Gasteiger partial charge in [0.25, 0.3) is 0 Å². The van der Waals surface area contributed by atoms with Gasteiger partial charge in [0.15, 0.2) is 5.82 Å². The molecule has 0 radical (unpaired) electrons. The number of rotatable bonds is 3. The number of benzene rings is 1. The van der Waals surface area contributed by atoms with Crippen molar-refractivity contribution in [2.75, 3.05) is 6.54 Å². The summed E-state index contributed by atoms with van der Waals surface area (Å²) in [4.78, 5) is 19.2. The fourth-order valence-electron chi connectivity index (χ4n) is 3.13. The third-order valence-corrected chi connectivity index (χ3v) is 4.50. The van der Waals surface area contributed by atoms with E-state index >= 15 is 0 Å². The van der Waals surface area contributed by atoms with Gasteiger partial charge >= 0.3 is 6.18 Å². The van der Waals surface area contributed by atoms with E-state index in [-0.39, 0.29) is 0 Å². The third-order valence-electron chi connectivity index (χ3n) is 4.50. The molecule has 0 unspecified atom stereocenters. The van der Waals surface area contributed by atoms with Gasteiger partial charge in [0, 0.05) is 61.3 Å². The van der Waals surface area contributed by atoms with Gasteiger partial charge in [-0.2, -0.15) is 13.2 Å². The first-order valence-corrected chi connectivity index (χ1v) is 8.48. The van der Waals surface area contributed by atoms with Crippen LogP contribution in [-0.2, 0) is 25.7 Å². The Morgan fingerprint density at radius 1 is 1.00 bits per heavy atom. The topological polar surface area (TPSA) is 54.8 Å². The highest BCUT2D eigenvalue weighted by molar-refractivity contribution is 5.56. The van der Waals surface area contributed by atoms with E-state index in [0.29, 0.717) is 11.4 Å². The Hall–Kier alpha value is -2.87. The Morgan fingerprint density at radius 2 is 1.74 bits per heavy atom. The van der Waals surface area contributed by atoms with Crippen LogP contribution in [-0.4, -0.2) is 31.4 Å². The van der Waals surface area contributed by atoms with Crippen molar-refractivity contribution in [2.45, 2.75) is 25.7 Å². The summed E-state index contributed by atoms with van der Waals surface area (Å²) in [6, 6.07) is 4.94. The average molecular weight is 371 g/mol. The van der Waals surface area contributed by atoms with Crippen molar-refractivity contribution < 1.29 is 13.2 Å². The van der Waals surface area contributed by atoms with Gasteiger partial charge < -0.3 is 0 Å². The van der Waals surface area contributed by atoms with Crippen molar-refractivity contribution in [2.24, 2.45) is 0 Å². The highest BCUT2D eigenvalue weighted by Crippen LogP contribution is 2.30. The highest BCUT2D eigenvalue weighted by Gasteiger charge is 2.30. The van der Waals surface area contributed by atoms with Crippen LogP contribution in [0.3, 0.4) is 0 Å². The number of hydrogen-bond donors (Lipinski definition) is 0. The van der Waals surface area contributed by atoms with Gasteiger partial charge in [0.2, 0.25) is 0 Å². The summed E-state index contributed by atoms with van der Waals surface area (Å²) in [7, 11) is 0. The quantitative estimate of drug-likeness (QED) is 0.705. The van der Waals surface area contributed by atoms with Crippen LogP contribution < -0.4 is 0 Å². The van der Waals surface area contributed by atoms with Gasteiger partial charge in [0.1, 0.15) is 6.33 Å². The summed E-state index contributed by atoms with van der Waals surface area (Å²) < 4.78 is 38.1. The van der Waals surface area contributed by atoms with E-state index in [1.54, 1.807) is 18.6 Å². The molecule has 1 aromatic carbocycles. The number of aromatic nitrogens is 4. The molecule has 0 spiro atoms. The molecule has 0 amide bonds. The van der Waals surface area contributed by atoms with Crippen LogP contribution >= 0.6 is 0 Å². The van der Waals surface area contributed by atoms with Gasteiger partial charge in [-0.25, -0.2) is 19.9 Å². The highest BCUT2D eigenvalue weighted by atomic mass is 19.4. The smallest absolute Gasteiger partial charge is 0.294 e. The lowest BCUT2D eigenvalue weighted by molar-refractivity contribution is -0.137. The molecule has 0 bridgehead atoms. The Morgan fingerprint density at radius 3 is 2.44 bits per heavy atom. The number of nitrogens with zero attached hydrogens (tertiary/aromatic N) is 5. The van der Waals surface area contributed by atoms with E-state index in [4.69, 9.17) is 0 Å². The zero-order chi connectivity index (χ0) is 18.9. The normalized spacial score (nSPS) is 14.8. The molecule has 0 N–H and O–H groups in total. The zero-order valence-corrected chi connectivity index (χ0v) is 14.3. The molecule has 0 saturated heterocycles. The second-order valence-electron chi connectivity index (χ2n) is 6.45. The van der Waals surface area contributed by atoms with Gasteiger partial charge in [-0.3, -0.25) is 4.90 Å². The predicted molar refractivity (Wildman–Crippen MR) is 92.3 cm³/mol. The Balaban J connectivity index is 1.50. The minimum absolute atomic E-state index is 0.451. The molecule has 0 aliphatic carbocycles. The Kier molecular flexibility index (Phi) is 4.57. The lowest BCUT2D eigenvalue weighted by Crippen LogP contribution is -2.31. The van der Waals surface area contributed by atoms with Crippen LogP contribution in [0.2, 0.25) is 0 Å². The number of halogens is 3. The Bertz CT molecular complexity index is 926. The van der Waals surface area contributed by atoms with E-state index in [9.17, 15) is 13.2 Å².